The number of para-hydroxylation sites is 1. The van der Waals surface area contributed by atoms with Crippen molar-refractivity contribution < 1.29 is 28.0 Å². The van der Waals surface area contributed by atoms with Crippen LogP contribution >= 0.6 is 0 Å². The summed E-state index contributed by atoms with van der Waals surface area (Å²) >= 11 is 0. The minimum atomic E-state index is -4.27. The third-order valence-electron chi connectivity index (χ3n) is 6.38. The summed E-state index contributed by atoms with van der Waals surface area (Å²) < 4.78 is 35.2. The lowest BCUT2D eigenvalue weighted by atomic mass is 9.69. The van der Waals surface area contributed by atoms with E-state index in [4.69, 9.17) is 4.74 Å². The van der Waals surface area contributed by atoms with Gasteiger partial charge in [-0.05, 0) is 48.6 Å². The highest BCUT2D eigenvalue weighted by molar-refractivity contribution is 7.89. The number of rotatable bonds is 12. The summed E-state index contributed by atoms with van der Waals surface area (Å²) in [7, 11) is -6.03. The monoisotopic (exact) mass is 523 g/mol. The number of pyridine rings is 1. The topological polar surface area (TPSA) is 138 Å². The molecule has 0 aliphatic heterocycles. The second-order valence-electron chi connectivity index (χ2n) is 9.15. The van der Waals surface area contributed by atoms with Crippen molar-refractivity contribution in [3.63, 3.8) is 0 Å². The Morgan fingerprint density at radius 2 is 1.70 bits per heavy atom. The highest BCUT2D eigenvalue weighted by atomic mass is 32.2. The molecule has 2 aromatic carbocycles. The van der Waals surface area contributed by atoms with E-state index in [1.54, 1.807) is 54.6 Å². The van der Waals surface area contributed by atoms with Crippen molar-refractivity contribution in [1.29, 1.82) is 0 Å². The van der Waals surface area contributed by atoms with Crippen molar-refractivity contribution in [3.8, 4) is 11.6 Å². The molecule has 194 valence electrons. The van der Waals surface area contributed by atoms with E-state index < -0.39 is 35.0 Å². The Hall–Kier alpha value is -3.25. The van der Waals surface area contributed by atoms with Crippen LogP contribution in [0.5, 0.6) is 11.6 Å². The number of hydrogen-bond acceptors (Lipinski definition) is 7. The van der Waals surface area contributed by atoms with Crippen LogP contribution in [0.25, 0.3) is 0 Å². The maximum Gasteiger partial charge on any atom is 0.475 e. The molecule has 1 aliphatic carbocycles. The average molecular weight is 523 g/mol. The van der Waals surface area contributed by atoms with Gasteiger partial charge in [-0.25, -0.2) is 13.4 Å². The molecule has 1 fully saturated rings. The SMILES string of the molecule is O=C(N[C@@H](CC1CCC1)B(O)O)[C@H](Cc1ccccc1)NS(=O)(=O)c1cccnc1Oc1ccccc1. The molecule has 9 nitrogen and oxygen atoms in total. The molecule has 0 radical (unpaired) electrons. The second-order valence-corrected chi connectivity index (χ2v) is 10.8. The van der Waals surface area contributed by atoms with Crippen molar-refractivity contribution >= 4 is 23.0 Å². The minimum absolute atomic E-state index is 0.0543. The van der Waals surface area contributed by atoms with E-state index in [9.17, 15) is 23.3 Å². The molecule has 0 unspecified atom stereocenters. The lowest BCUT2D eigenvalue weighted by molar-refractivity contribution is -0.123. The molecule has 3 aromatic rings. The predicted octanol–water partition coefficient (Wildman–Crippen LogP) is 2.45. The van der Waals surface area contributed by atoms with E-state index in [1.807, 2.05) is 6.07 Å². The van der Waals surface area contributed by atoms with Crippen LogP contribution in [0.2, 0.25) is 0 Å². The molecule has 1 saturated carbocycles. The number of nitrogens with zero attached hydrogens (tertiary/aromatic N) is 1. The zero-order valence-electron chi connectivity index (χ0n) is 20.2. The molecular weight excluding hydrogens is 493 g/mol. The van der Waals surface area contributed by atoms with E-state index in [0.29, 0.717) is 18.1 Å². The summed E-state index contributed by atoms with van der Waals surface area (Å²) in [6.45, 7) is 0. The number of sulfonamides is 1. The van der Waals surface area contributed by atoms with Crippen molar-refractivity contribution in [3.05, 3.63) is 84.6 Å². The Labute approximate surface area is 217 Å². The summed E-state index contributed by atoms with van der Waals surface area (Å²) in [5, 5.41) is 22.4. The van der Waals surface area contributed by atoms with Crippen molar-refractivity contribution in [2.45, 2.75) is 49.0 Å². The van der Waals surface area contributed by atoms with Crippen LogP contribution in [0, 0.1) is 5.92 Å². The largest absolute Gasteiger partial charge is 0.475 e. The maximum atomic E-state index is 13.5. The highest BCUT2D eigenvalue weighted by Gasteiger charge is 2.34. The predicted molar refractivity (Wildman–Crippen MR) is 139 cm³/mol. The number of amides is 1. The number of ether oxygens (including phenoxy) is 1. The molecule has 1 heterocycles. The lowest BCUT2D eigenvalue weighted by Gasteiger charge is -2.30. The third kappa shape index (κ3) is 7.39. The Balaban J connectivity index is 1.58. The first kappa shape index (κ1) is 26.8. The average Bonchev–Trinajstić information content (AvgIpc) is 2.86. The van der Waals surface area contributed by atoms with Crippen LogP contribution in [0.1, 0.15) is 31.2 Å². The van der Waals surface area contributed by atoms with Gasteiger partial charge in [-0.1, -0.05) is 67.8 Å². The number of aromatic nitrogens is 1. The van der Waals surface area contributed by atoms with Gasteiger partial charge >= 0.3 is 7.12 Å². The standard InChI is InChI=1S/C26H30BN3O6S/c31-25(29-24(27(32)33)18-20-11-7-12-20)22(17-19-9-3-1-4-10-19)30-37(34,35)23-15-8-16-28-26(23)36-21-13-5-2-6-14-21/h1-6,8-10,13-16,20,22,24,30,32-33H,7,11-12,17-18H2,(H,29,31)/t22-,24-/m0/s1. The molecule has 0 bridgehead atoms. The van der Waals surface area contributed by atoms with Crippen molar-refractivity contribution in [1.82, 2.24) is 15.0 Å². The molecule has 1 aromatic heterocycles. The smallest absolute Gasteiger partial charge is 0.438 e. The van der Waals surface area contributed by atoms with Crippen LogP contribution in [0.15, 0.2) is 83.9 Å². The van der Waals surface area contributed by atoms with Crippen LogP contribution in [0.4, 0.5) is 0 Å². The second kappa shape index (κ2) is 12.3. The molecule has 2 atom stereocenters. The van der Waals surface area contributed by atoms with Crippen molar-refractivity contribution in [2.24, 2.45) is 5.92 Å². The van der Waals surface area contributed by atoms with Gasteiger partial charge in [0.25, 0.3) is 0 Å². The molecular formula is C26H30BN3O6S. The van der Waals surface area contributed by atoms with E-state index in [1.165, 1.54) is 18.3 Å². The zero-order chi connectivity index (χ0) is 26.3. The Morgan fingerprint density at radius 3 is 2.32 bits per heavy atom. The Bertz CT molecular complexity index is 1270. The van der Waals surface area contributed by atoms with Gasteiger partial charge in [0.05, 0.1) is 5.94 Å². The zero-order valence-corrected chi connectivity index (χ0v) is 21.0. The summed E-state index contributed by atoms with van der Waals surface area (Å²) in [5.74, 6) is -0.986. The quantitative estimate of drug-likeness (QED) is 0.268. The lowest BCUT2D eigenvalue weighted by Crippen LogP contribution is -2.55. The number of nitrogens with one attached hydrogen (secondary N) is 2. The molecule has 37 heavy (non-hydrogen) atoms. The number of carbonyl (C=O) groups is 1. The van der Waals surface area contributed by atoms with Gasteiger partial charge < -0.3 is 20.1 Å². The van der Waals surface area contributed by atoms with E-state index in [-0.39, 0.29) is 17.2 Å². The van der Waals surface area contributed by atoms with Gasteiger partial charge in [-0.15, -0.1) is 0 Å². The molecule has 0 spiro atoms. The van der Waals surface area contributed by atoms with Gasteiger partial charge in [-0.3, -0.25) is 4.79 Å². The normalized spacial score (nSPS) is 15.3. The third-order valence-corrected chi connectivity index (χ3v) is 7.86. The van der Waals surface area contributed by atoms with Crippen LogP contribution < -0.4 is 14.8 Å². The van der Waals surface area contributed by atoms with Gasteiger partial charge in [0.15, 0.2) is 0 Å². The summed E-state index contributed by atoms with van der Waals surface area (Å²) in [5.41, 5.74) is 0.734. The fraction of sp³-hybridized carbons (Fsp3) is 0.308. The first-order valence-electron chi connectivity index (χ1n) is 12.2. The number of hydrogen-bond donors (Lipinski definition) is 4. The van der Waals surface area contributed by atoms with Gasteiger partial charge in [-0.2, -0.15) is 4.72 Å². The fourth-order valence-electron chi connectivity index (χ4n) is 4.17. The van der Waals surface area contributed by atoms with Crippen molar-refractivity contribution in [2.75, 3.05) is 0 Å². The minimum Gasteiger partial charge on any atom is -0.438 e. The molecule has 1 aliphatic rings. The highest BCUT2D eigenvalue weighted by Crippen LogP contribution is 2.31. The first-order chi connectivity index (χ1) is 17.8. The molecule has 11 heteroatoms. The van der Waals surface area contributed by atoms with E-state index in [0.717, 1.165) is 24.8 Å². The number of benzene rings is 2. The summed E-state index contributed by atoms with van der Waals surface area (Å²) in [4.78, 5) is 17.2. The van der Waals surface area contributed by atoms with Gasteiger partial charge in [0.2, 0.25) is 21.8 Å². The molecule has 1 amide bonds. The van der Waals surface area contributed by atoms with Gasteiger partial charge in [0.1, 0.15) is 16.7 Å². The van der Waals surface area contributed by atoms with Gasteiger partial charge in [0, 0.05) is 6.20 Å². The van der Waals surface area contributed by atoms with E-state index in [2.05, 4.69) is 15.0 Å². The molecule has 4 rings (SSSR count). The van der Waals surface area contributed by atoms with E-state index >= 15 is 0 Å². The Kier molecular flexibility index (Phi) is 8.93. The molecule has 0 saturated heterocycles. The fourth-order valence-corrected chi connectivity index (χ4v) is 5.45. The van der Waals surface area contributed by atoms with Crippen LogP contribution in [0.3, 0.4) is 0 Å². The maximum absolute atomic E-state index is 13.5. The van der Waals surface area contributed by atoms with Crippen LogP contribution in [-0.2, 0) is 21.2 Å². The first-order valence-corrected chi connectivity index (χ1v) is 13.7. The summed E-state index contributed by atoms with van der Waals surface area (Å²) in [6.07, 6.45) is 4.88. The van der Waals surface area contributed by atoms with Crippen LogP contribution in [-0.4, -0.2) is 48.5 Å². The summed E-state index contributed by atoms with van der Waals surface area (Å²) in [6, 6.07) is 19.2. The molecule has 4 N–H and O–H groups in total. The number of carbonyl (C=O) groups excluding carboxylic acids is 1. The Morgan fingerprint density at radius 1 is 1.03 bits per heavy atom.